The van der Waals surface area contributed by atoms with Gasteiger partial charge in [0.25, 0.3) is 5.69 Å². The summed E-state index contributed by atoms with van der Waals surface area (Å²) in [6, 6.07) is 4.99. The normalized spacial score (nSPS) is 10.9. The molecule has 0 spiro atoms. The molecule has 0 saturated carbocycles. The van der Waals surface area contributed by atoms with Gasteiger partial charge in [0.05, 0.1) is 10.4 Å². The van der Waals surface area contributed by atoms with Crippen molar-refractivity contribution in [3.05, 3.63) is 34.1 Å². The van der Waals surface area contributed by atoms with E-state index in [1.54, 1.807) is 6.07 Å². The Morgan fingerprint density at radius 3 is 2.89 bits per heavy atom. The number of nitro benzene ring substituents is 1. The molecule has 18 heavy (non-hydrogen) atoms. The van der Waals surface area contributed by atoms with E-state index in [4.69, 9.17) is 0 Å². The third-order valence-corrected chi connectivity index (χ3v) is 3.00. The van der Waals surface area contributed by atoms with Gasteiger partial charge >= 0.3 is 0 Å². The van der Waals surface area contributed by atoms with Crippen LogP contribution >= 0.6 is 0 Å². The SMILES string of the molecule is CCCCCCc1nc2c([N+](=O)[O-])cccc2[nH]1. The number of nitrogens with one attached hydrogen (secondary N) is 1. The smallest absolute Gasteiger partial charge is 0.297 e. The zero-order valence-corrected chi connectivity index (χ0v) is 10.5. The van der Waals surface area contributed by atoms with E-state index in [1.165, 1.54) is 25.3 Å². The zero-order chi connectivity index (χ0) is 13.0. The Labute approximate surface area is 105 Å². The van der Waals surface area contributed by atoms with Crippen molar-refractivity contribution in [3.63, 3.8) is 0 Å². The van der Waals surface area contributed by atoms with Crippen LogP contribution < -0.4 is 0 Å². The number of nitrogens with zero attached hydrogens (tertiary/aromatic N) is 2. The summed E-state index contributed by atoms with van der Waals surface area (Å²) in [5.74, 6) is 0.843. The first-order valence-corrected chi connectivity index (χ1v) is 6.34. The minimum absolute atomic E-state index is 0.0727. The van der Waals surface area contributed by atoms with Crippen molar-refractivity contribution in [2.45, 2.75) is 39.0 Å². The summed E-state index contributed by atoms with van der Waals surface area (Å²) in [7, 11) is 0. The Morgan fingerprint density at radius 2 is 2.17 bits per heavy atom. The molecule has 0 unspecified atom stereocenters. The zero-order valence-electron chi connectivity index (χ0n) is 10.5. The van der Waals surface area contributed by atoms with E-state index in [-0.39, 0.29) is 10.6 Å². The lowest BCUT2D eigenvalue weighted by molar-refractivity contribution is -0.383. The van der Waals surface area contributed by atoms with E-state index in [1.807, 2.05) is 6.07 Å². The lowest BCUT2D eigenvalue weighted by atomic mass is 10.1. The van der Waals surface area contributed by atoms with Crippen molar-refractivity contribution in [3.8, 4) is 0 Å². The molecule has 96 valence electrons. The molecule has 0 saturated heterocycles. The predicted molar refractivity (Wildman–Crippen MR) is 70.6 cm³/mol. The van der Waals surface area contributed by atoms with Crippen molar-refractivity contribution < 1.29 is 4.92 Å². The summed E-state index contributed by atoms with van der Waals surface area (Å²) in [6.07, 6.45) is 5.52. The van der Waals surface area contributed by atoms with Crippen LogP contribution in [0.1, 0.15) is 38.4 Å². The number of aryl methyl sites for hydroxylation is 1. The first-order chi connectivity index (χ1) is 8.72. The van der Waals surface area contributed by atoms with E-state index in [2.05, 4.69) is 16.9 Å². The number of aromatic amines is 1. The van der Waals surface area contributed by atoms with Crippen LogP contribution in [0.15, 0.2) is 18.2 Å². The highest BCUT2D eigenvalue weighted by Gasteiger charge is 2.14. The lowest BCUT2D eigenvalue weighted by Gasteiger charge is -1.95. The number of H-pyrrole nitrogens is 1. The number of para-hydroxylation sites is 1. The Kier molecular flexibility index (Phi) is 3.92. The summed E-state index contributed by atoms with van der Waals surface area (Å²) >= 11 is 0. The summed E-state index contributed by atoms with van der Waals surface area (Å²) in [5.41, 5.74) is 1.28. The molecule has 1 N–H and O–H groups in total. The number of hydrogen-bond acceptors (Lipinski definition) is 3. The molecule has 0 bridgehead atoms. The summed E-state index contributed by atoms with van der Waals surface area (Å²) in [5, 5.41) is 10.9. The van der Waals surface area contributed by atoms with Crippen molar-refractivity contribution in [2.75, 3.05) is 0 Å². The molecule has 1 aromatic carbocycles. The molecule has 0 aliphatic carbocycles. The van der Waals surface area contributed by atoms with Gasteiger partial charge in [-0.1, -0.05) is 32.3 Å². The largest absolute Gasteiger partial charge is 0.342 e. The molecule has 0 amide bonds. The molecule has 5 nitrogen and oxygen atoms in total. The standard InChI is InChI=1S/C13H17N3O2/c1-2-3-4-5-9-12-14-10-7-6-8-11(16(17)18)13(10)15-12/h6-8H,2-5,9H2,1H3,(H,14,15). The van der Waals surface area contributed by atoms with Gasteiger partial charge in [0.2, 0.25) is 0 Å². The number of aromatic nitrogens is 2. The van der Waals surface area contributed by atoms with Gasteiger partial charge in [-0.15, -0.1) is 0 Å². The van der Waals surface area contributed by atoms with Crippen LogP contribution in [0.3, 0.4) is 0 Å². The number of nitro groups is 1. The summed E-state index contributed by atoms with van der Waals surface area (Å²) < 4.78 is 0. The summed E-state index contributed by atoms with van der Waals surface area (Å²) in [6.45, 7) is 2.17. The molecule has 5 heteroatoms. The van der Waals surface area contributed by atoms with Gasteiger partial charge in [0.1, 0.15) is 5.82 Å². The van der Waals surface area contributed by atoms with Crippen LogP contribution in [0, 0.1) is 10.1 Å². The van der Waals surface area contributed by atoms with Gasteiger partial charge in [-0.05, 0) is 12.5 Å². The third kappa shape index (κ3) is 2.67. The first kappa shape index (κ1) is 12.5. The van der Waals surface area contributed by atoms with Crippen molar-refractivity contribution in [2.24, 2.45) is 0 Å². The maximum Gasteiger partial charge on any atom is 0.297 e. The summed E-state index contributed by atoms with van der Waals surface area (Å²) in [4.78, 5) is 18.0. The Hall–Kier alpha value is -1.91. The van der Waals surface area contributed by atoms with Gasteiger partial charge in [0, 0.05) is 12.5 Å². The fourth-order valence-electron chi connectivity index (χ4n) is 2.05. The molecule has 0 aliphatic rings. The molecule has 0 atom stereocenters. The molecule has 0 aliphatic heterocycles. The molecule has 1 aromatic heterocycles. The van der Waals surface area contributed by atoms with Crippen LogP contribution in [0.5, 0.6) is 0 Å². The van der Waals surface area contributed by atoms with E-state index in [0.29, 0.717) is 5.52 Å². The van der Waals surface area contributed by atoms with Gasteiger partial charge in [-0.2, -0.15) is 0 Å². The lowest BCUT2D eigenvalue weighted by Crippen LogP contribution is -1.89. The Bertz CT molecular complexity index is 548. The highest BCUT2D eigenvalue weighted by molar-refractivity contribution is 5.84. The van der Waals surface area contributed by atoms with Crippen LogP contribution in [-0.2, 0) is 6.42 Å². The van der Waals surface area contributed by atoms with Crippen molar-refractivity contribution in [1.82, 2.24) is 9.97 Å². The topological polar surface area (TPSA) is 71.8 Å². The maximum absolute atomic E-state index is 10.9. The van der Waals surface area contributed by atoms with Crippen LogP contribution in [0.25, 0.3) is 11.0 Å². The van der Waals surface area contributed by atoms with E-state index in [0.717, 1.165) is 24.2 Å². The molecule has 1 heterocycles. The van der Waals surface area contributed by atoms with Gasteiger partial charge in [-0.3, -0.25) is 10.1 Å². The van der Waals surface area contributed by atoms with Crippen molar-refractivity contribution >= 4 is 16.7 Å². The second kappa shape index (κ2) is 5.62. The number of non-ortho nitro benzene ring substituents is 1. The first-order valence-electron chi connectivity index (χ1n) is 6.34. The Balaban J connectivity index is 2.17. The van der Waals surface area contributed by atoms with Gasteiger partial charge in [-0.25, -0.2) is 4.98 Å². The maximum atomic E-state index is 10.9. The number of hydrogen-bond donors (Lipinski definition) is 1. The van der Waals surface area contributed by atoms with Gasteiger partial charge < -0.3 is 4.98 Å². The molecular formula is C13H17N3O2. The van der Waals surface area contributed by atoms with E-state index < -0.39 is 0 Å². The molecule has 2 aromatic rings. The van der Waals surface area contributed by atoms with Crippen molar-refractivity contribution in [1.29, 1.82) is 0 Å². The minimum atomic E-state index is -0.385. The van der Waals surface area contributed by atoms with Crippen LogP contribution in [0.4, 0.5) is 5.69 Å². The molecule has 0 fully saturated rings. The minimum Gasteiger partial charge on any atom is -0.342 e. The molecular weight excluding hydrogens is 230 g/mol. The average Bonchev–Trinajstić information content (AvgIpc) is 2.76. The fraction of sp³-hybridized carbons (Fsp3) is 0.462. The number of unbranched alkanes of at least 4 members (excludes halogenated alkanes) is 3. The number of rotatable bonds is 6. The third-order valence-electron chi connectivity index (χ3n) is 3.00. The molecule has 2 rings (SSSR count). The number of imidazole rings is 1. The van der Waals surface area contributed by atoms with E-state index in [9.17, 15) is 10.1 Å². The Morgan fingerprint density at radius 1 is 1.33 bits per heavy atom. The molecule has 0 radical (unpaired) electrons. The van der Waals surface area contributed by atoms with Crippen LogP contribution in [-0.4, -0.2) is 14.9 Å². The predicted octanol–water partition coefficient (Wildman–Crippen LogP) is 3.59. The second-order valence-electron chi connectivity index (χ2n) is 4.42. The second-order valence-corrected chi connectivity index (χ2v) is 4.42. The van der Waals surface area contributed by atoms with E-state index >= 15 is 0 Å². The highest BCUT2D eigenvalue weighted by Crippen LogP contribution is 2.23. The van der Waals surface area contributed by atoms with Crippen LogP contribution in [0.2, 0.25) is 0 Å². The van der Waals surface area contributed by atoms with Gasteiger partial charge in [0.15, 0.2) is 5.52 Å². The number of fused-ring (bicyclic) bond motifs is 1. The number of benzene rings is 1. The highest BCUT2D eigenvalue weighted by atomic mass is 16.6. The monoisotopic (exact) mass is 247 g/mol. The average molecular weight is 247 g/mol. The quantitative estimate of drug-likeness (QED) is 0.481. The fourth-order valence-corrected chi connectivity index (χ4v) is 2.05.